The van der Waals surface area contributed by atoms with E-state index in [1.54, 1.807) is 4.90 Å². The number of likely N-dealkylation sites (tertiary alicyclic amines) is 1. The number of sulfonamides is 1. The lowest BCUT2D eigenvalue weighted by Gasteiger charge is -2.29. The van der Waals surface area contributed by atoms with E-state index < -0.39 is 51.9 Å². The van der Waals surface area contributed by atoms with Crippen molar-refractivity contribution in [3.8, 4) is 0 Å². The summed E-state index contributed by atoms with van der Waals surface area (Å²) in [5.74, 6) is -1.64. The summed E-state index contributed by atoms with van der Waals surface area (Å²) >= 11 is 0. The molecule has 4 amide bonds. The van der Waals surface area contributed by atoms with Crippen LogP contribution >= 0.6 is 0 Å². The number of carbonyl (C=O) groups excluding carboxylic acids is 4. The average Bonchev–Trinajstić information content (AvgIpc) is 3.68. The van der Waals surface area contributed by atoms with Gasteiger partial charge >= 0.3 is 0 Å². The molecule has 4 rings (SSSR count). The zero-order valence-corrected chi connectivity index (χ0v) is 30.8. The van der Waals surface area contributed by atoms with Gasteiger partial charge in [0.25, 0.3) is 0 Å². The van der Waals surface area contributed by atoms with Crippen LogP contribution in [0.15, 0.2) is 60.7 Å². The first-order valence-electron chi connectivity index (χ1n) is 17.9. The number of hydrogen-bond donors (Lipinski definition) is 5. The summed E-state index contributed by atoms with van der Waals surface area (Å²) in [4.78, 5) is 56.8. The molecule has 2 fully saturated rings. The Morgan fingerprint density at radius 1 is 0.745 bits per heavy atom. The molecular weight excluding hydrogens is 671 g/mol. The highest BCUT2D eigenvalue weighted by Crippen LogP contribution is 2.32. The molecule has 2 aliphatic rings. The Morgan fingerprint density at radius 2 is 1.25 bits per heavy atom. The Hall–Kier alpha value is -3.85. The van der Waals surface area contributed by atoms with E-state index in [-0.39, 0.29) is 30.1 Å². The van der Waals surface area contributed by atoms with E-state index in [1.807, 2.05) is 74.5 Å². The molecule has 2 heterocycles. The van der Waals surface area contributed by atoms with Crippen molar-refractivity contribution in [1.82, 2.24) is 25.2 Å². The van der Waals surface area contributed by atoms with Gasteiger partial charge in [-0.1, -0.05) is 74.5 Å². The summed E-state index contributed by atoms with van der Waals surface area (Å²) in [7, 11) is -3.31. The fourth-order valence-corrected chi connectivity index (χ4v) is 7.84. The van der Waals surface area contributed by atoms with Crippen LogP contribution in [0.3, 0.4) is 0 Å². The van der Waals surface area contributed by atoms with Crippen molar-refractivity contribution in [1.29, 1.82) is 0 Å². The van der Waals surface area contributed by atoms with Gasteiger partial charge in [-0.25, -0.2) is 12.7 Å². The highest BCUT2D eigenvalue weighted by atomic mass is 32.2. The van der Waals surface area contributed by atoms with E-state index >= 15 is 0 Å². The maximum absolute atomic E-state index is 13.9. The number of rotatable bonds is 18. The maximum Gasteiger partial charge on any atom is 0.245 e. The second-order valence-electron chi connectivity index (χ2n) is 14.4. The third-order valence-electron chi connectivity index (χ3n) is 9.69. The van der Waals surface area contributed by atoms with E-state index in [9.17, 15) is 27.6 Å². The average molecular weight is 726 g/mol. The van der Waals surface area contributed by atoms with E-state index in [0.29, 0.717) is 64.8 Å². The van der Waals surface area contributed by atoms with Gasteiger partial charge in [-0.2, -0.15) is 0 Å². The molecule has 2 saturated heterocycles. The van der Waals surface area contributed by atoms with Crippen molar-refractivity contribution in [3.63, 3.8) is 0 Å². The van der Waals surface area contributed by atoms with Crippen LogP contribution in [0.25, 0.3) is 0 Å². The number of unbranched alkanes of at least 4 members (excludes halogenated alkanes) is 1. The predicted octanol–water partition coefficient (Wildman–Crippen LogP) is 0.778. The van der Waals surface area contributed by atoms with Gasteiger partial charge in [0.1, 0.15) is 18.1 Å². The van der Waals surface area contributed by atoms with Gasteiger partial charge in [-0.15, -0.1) is 0 Å². The third kappa shape index (κ3) is 11.8. The van der Waals surface area contributed by atoms with Crippen LogP contribution in [0, 0.1) is 17.8 Å². The molecule has 0 aliphatic carbocycles. The fraction of sp³-hybridized carbons (Fsp3) is 0.568. The van der Waals surface area contributed by atoms with E-state index in [2.05, 4.69) is 16.0 Å². The van der Waals surface area contributed by atoms with Gasteiger partial charge in [0.2, 0.25) is 33.7 Å². The van der Waals surface area contributed by atoms with E-state index in [4.69, 9.17) is 11.5 Å². The molecule has 6 atom stereocenters. The second kappa shape index (κ2) is 18.6. The Labute approximate surface area is 302 Å². The lowest BCUT2D eigenvalue weighted by molar-refractivity contribution is -0.137. The second-order valence-corrected chi connectivity index (χ2v) is 16.4. The molecule has 0 bridgehead atoms. The summed E-state index contributed by atoms with van der Waals surface area (Å²) < 4.78 is 25.6. The first-order valence-corrected chi connectivity index (χ1v) is 19.8. The summed E-state index contributed by atoms with van der Waals surface area (Å²) in [5, 5.41) is 8.64. The first kappa shape index (κ1) is 39.9. The minimum absolute atomic E-state index is 0.0182. The quantitative estimate of drug-likeness (QED) is 0.139. The monoisotopic (exact) mass is 725 g/mol. The Bertz CT molecular complexity index is 1560. The van der Waals surface area contributed by atoms with Crippen LogP contribution in [0.4, 0.5) is 0 Å². The largest absolute Gasteiger partial charge is 0.343 e. The lowest BCUT2D eigenvalue weighted by atomic mass is 9.99. The van der Waals surface area contributed by atoms with Gasteiger partial charge in [0.15, 0.2) is 0 Å². The molecular formula is C37H55N7O6S. The molecule has 13 nitrogen and oxygen atoms in total. The SMILES string of the molecule is CC(C)CC(NC(=O)C(Cc1ccccc1)NC(=O)C(N)Cc1ccccc1)C(=O)NC(CCCCN)C(=O)N1CC2CN(S(C)(=O)=O)CC2C1. The molecule has 2 aliphatic heterocycles. The normalized spacial score (nSPS) is 19.9. The zero-order chi connectivity index (χ0) is 37.1. The van der Waals surface area contributed by atoms with Crippen molar-refractivity contribution in [2.45, 2.75) is 76.5 Å². The van der Waals surface area contributed by atoms with Gasteiger partial charge in [0.05, 0.1) is 12.3 Å². The summed E-state index contributed by atoms with van der Waals surface area (Å²) in [5.41, 5.74) is 13.7. The summed E-state index contributed by atoms with van der Waals surface area (Å²) in [6.45, 7) is 5.89. The molecule has 2 aromatic rings. The molecule has 280 valence electrons. The van der Waals surface area contributed by atoms with Crippen molar-refractivity contribution in [3.05, 3.63) is 71.8 Å². The van der Waals surface area contributed by atoms with Crippen LogP contribution in [0.1, 0.15) is 50.7 Å². The Morgan fingerprint density at radius 3 is 1.78 bits per heavy atom. The first-order chi connectivity index (χ1) is 24.2. The molecule has 0 saturated carbocycles. The van der Waals surface area contributed by atoms with Crippen molar-refractivity contribution < 1.29 is 27.6 Å². The molecule has 0 aromatic heterocycles. The van der Waals surface area contributed by atoms with Crippen LogP contribution in [0.5, 0.6) is 0 Å². The molecule has 0 spiro atoms. The number of nitrogens with two attached hydrogens (primary N) is 2. The van der Waals surface area contributed by atoms with Gasteiger partial charge < -0.3 is 32.3 Å². The molecule has 51 heavy (non-hydrogen) atoms. The molecule has 7 N–H and O–H groups in total. The van der Waals surface area contributed by atoms with Crippen LogP contribution in [-0.4, -0.2) is 104 Å². The van der Waals surface area contributed by atoms with Crippen molar-refractivity contribution in [2.75, 3.05) is 39.0 Å². The number of nitrogens with one attached hydrogen (secondary N) is 3. The van der Waals surface area contributed by atoms with Crippen LogP contribution in [0.2, 0.25) is 0 Å². The highest BCUT2D eigenvalue weighted by Gasteiger charge is 2.45. The van der Waals surface area contributed by atoms with Gasteiger partial charge in [-0.3, -0.25) is 19.2 Å². The number of carbonyl (C=O) groups is 4. The maximum atomic E-state index is 13.9. The lowest BCUT2D eigenvalue weighted by Crippen LogP contribution is -2.58. The van der Waals surface area contributed by atoms with Crippen LogP contribution in [-0.2, 0) is 42.0 Å². The number of benzene rings is 2. The van der Waals surface area contributed by atoms with E-state index in [1.165, 1.54) is 10.6 Å². The van der Waals surface area contributed by atoms with Crippen LogP contribution < -0.4 is 27.4 Å². The molecule has 0 radical (unpaired) electrons. The highest BCUT2D eigenvalue weighted by molar-refractivity contribution is 7.88. The standard InChI is InChI=1S/C37H55N7O6S/c1-25(2)18-32(35(46)40-31(16-10-11-17-38)37(48)43-21-28-23-44(51(3,49)50)24-29(28)22-43)42-36(47)33(20-27-14-8-5-9-15-27)41-34(45)30(39)19-26-12-6-4-7-13-26/h4-9,12-15,25,28-33H,10-11,16-24,38-39H2,1-3H3,(H,40,46)(H,41,45)(H,42,47). The summed E-state index contributed by atoms with van der Waals surface area (Å²) in [6.07, 6.45) is 3.64. The number of amides is 4. The molecule has 14 heteroatoms. The fourth-order valence-electron chi connectivity index (χ4n) is 6.92. The minimum Gasteiger partial charge on any atom is -0.343 e. The topological polar surface area (TPSA) is 197 Å². The number of hydrogen-bond acceptors (Lipinski definition) is 8. The van der Waals surface area contributed by atoms with Crippen molar-refractivity contribution in [2.24, 2.45) is 29.2 Å². The third-order valence-corrected chi connectivity index (χ3v) is 10.9. The minimum atomic E-state index is -3.31. The van der Waals surface area contributed by atoms with Gasteiger partial charge in [-0.05, 0) is 67.5 Å². The Kier molecular flexibility index (Phi) is 14.5. The molecule has 2 aromatic carbocycles. The predicted molar refractivity (Wildman–Crippen MR) is 196 cm³/mol. The zero-order valence-electron chi connectivity index (χ0n) is 30.0. The summed E-state index contributed by atoms with van der Waals surface area (Å²) in [6, 6.07) is 14.9. The van der Waals surface area contributed by atoms with Gasteiger partial charge in [0, 0.05) is 32.6 Å². The van der Waals surface area contributed by atoms with Crippen molar-refractivity contribution >= 4 is 33.7 Å². The number of fused-ring (bicyclic) bond motifs is 1. The Balaban J connectivity index is 1.47. The molecule has 6 unspecified atom stereocenters. The van der Waals surface area contributed by atoms with E-state index in [0.717, 1.165) is 11.1 Å². The smallest absolute Gasteiger partial charge is 0.245 e. The number of nitrogens with zero attached hydrogens (tertiary/aromatic N) is 2.